The zero-order valence-electron chi connectivity index (χ0n) is 22.0. The first-order valence-electron chi connectivity index (χ1n) is 12.8. The van der Waals surface area contributed by atoms with Gasteiger partial charge >= 0.3 is 0 Å². The van der Waals surface area contributed by atoms with Gasteiger partial charge in [0.15, 0.2) is 0 Å². The van der Waals surface area contributed by atoms with Gasteiger partial charge in [-0.2, -0.15) is 0 Å². The number of hydrogen-bond donors (Lipinski definition) is 1. The lowest BCUT2D eigenvalue weighted by molar-refractivity contribution is -0.130. The Morgan fingerprint density at radius 2 is 1.95 bits per heavy atom. The molecule has 3 heterocycles. The van der Waals surface area contributed by atoms with Crippen LogP contribution in [0.2, 0.25) is 0 Å². The normalized spacial score (nSPS) is 18.3. The number of hydrogen-bond acceptors (Lipinski definition) is 6. The maximum Gasteiger partial charge on any atom is 0.259 e. The van der Waals surface area contributed by atoms with Gasteiger partial charge in [0.25, 0.3) is 5.91 Å². The quantitative estimate of drug-likeness (QED) is 0.494. The minimum Gasteiger partial charge on any atom is -0.472 e. The number of aromatic nitrogens is 2. The molecule has 0 aliphatic carbocycles. The number of benzene rings is 1. The second-order valence-electron chi connectivity index (χ2n) is 9.80. The van der Waals surface area contributed by atoms with Gasteiger partial charge in [0.1, 0.15) is 11.7 Å². The summed E-state index contributed by atoms with van der Waals surface area (Å²) in [6.07, 6.45) is 8.73. The average molecular weight is 515 g/mol. The first-order chi connectivity index (χ1) is 18.4. The average Bonchev–Trinajstić information content (AvgIpc) is 2.94. The SMILES string of the molecule is C[C@@H]1CN([C@H](C)CO)C(=O)c2cc(C=Cc3ccccc3)cnc2O[C@@H]1CN(C)C(=O)Cc1cccnc1. The third-order valence-corrected chi connectivity index (χ3v) is 6.77. The maximum absolute atomic E-state index is 13.6. The number of aliphatic hydroxyl groups excluding tert-OH is 1. The summed E-state index contributed by atoms with van der Waals surface area (Å²) in [4.78, 5) is 38.4. The van der Waals surface area contributed by atoms with Crippen molar-refractivity contribution in [2.75, 3.05) is 26.7 Å². The van der Waals surface area contributed by atoms with E-state index in [1.165, 1.54) is 0 Å². The van der Waals surface area contributed by atoms with Crippen LogP contribution in [0.1, 0.15) is 40.9 Å². The van der Waals surface area contributed by atoms with Crippen LogP contribution in [0.25, 0.3) is 12.2 Å². The third-order valence-electron chi connectivity index (χ3n) is 6.77. The molecule has 0 bridgehead atoms. The molecule has 0 fully saturated rings. The van der Waals surface area contributed by atoms with E-state index in [4.69, 9.17) is 4.74 Å². The number of pyridine rings is 2. The van der Waals surface area contributed by atoms with E-state index in [-0.39, 0.29) is 42.7 Å². The van der Waals surface area contributed by atoms with Crippen molar-refractivity contribution in [3.8, 4) is 5.88 Å². The van der Waals surface area contributed by atoms with Gasteiger partial charge in [-0.3, -0.25) is 14.6 Å². The molecule has 3 aromatic rings. The summed E-state index contributed by atoms with van der Waals surface area (Å²) in [5.74, 6) is -0.182. The van der Waals surface area contributed by atoms with Crippen LogP contribution in [0.4, 0.5) is 0 Å². The second-order valence-corrected chi connectivity index (χ2v) is 9.80. The minimum absolute atomic E-state index is 0.0536. The van der Waals surface area contributed by atoms with E-state index in [1.807, 2.05) is 68.5 Å². The lowest BCUT2D eigenvalue weighted by Crippen LogP contribution is -2.50. The summed E-state index contributed by atoms with van der Waals surface area (Å²) in [7, 11) is 1.75. The Labute approximate surface area is 223 Å². The molecule has 1 N–H and O–H groups in total. The Kier molecular flexibility index (Phi) is 8.86. The number of fused-ring (bicyclic) bond motifs is 1. The van der Waals surface area contributed by atoms with Crippen LogP contribution in [-0.2, 0) is 11.2 Å². The molecule has 198 valence electrons. The van der Waals surface area contributed by atoms with Crippen molar-refractivity contribution in [1.82, 2.24) is 19.8 Å². The second kappa shape index (κ2) is 12.5. The topological polar surface area (TPSA) is 95.9 Å². The molecule has 8 heteroatoms. The molecule has 2 aromatic heterocycles. The molecule has 1 aliphatic rings. The summed E-state index contributed by atoms with van der Waals surface area (Å²) < 4.78 is 6.32. The number of carbonyl (C=O) groups is 2. The fourth-order valence-electron chi connectivity index (χ4n) is 4.37. The van der Waals surface area contributed by atoms with Crippen LogP contribution in [0.15, 0.2) is 67.1 Å². The summed E-state index contributed by atoms with van der Waals surface area (Å²) >= 11 is 0. The molecule has 1 aromatic carbocycles. The number of aliphatic hydroxyl groups is 1. The lowest BCUT2D eigenvalue weighted by Gasteiger charge is -2.37. The fourth-order valence-corrected chi connectivity index (χ4v) is 4.37. The van der Waals surface area contributed by atoms with E-state index in [9.17, 15) is 14.7 Å². The van der Waals surface area contributed by atoms with E-state index >= 15 is 0 Å². The van der Waals surface area contributed by atoms with Gasteiger partial charge in [-0.15, -0.1) is 0 Å². The van der Waals surface area contributed by atoms with Crippen molar-refractivity contribution in [3.05, 3.63) is 89.4 Å². The Morgan fingerprint density at radius 1 is 1.18 bits per heavy atom. The van der Waals surface area contributed by atoms with Crippen LogP contribution < -0.4 is 4.74 Å². The van der Waals surface area contributed by atoms with Gasteiger partial charge in [-0.1, -0.05) is 55.5 Å². The Morgan fingerprint density at radius 3 is 2.66 bits per heavy atom. The monoisotopic (exact) mass is 514 g/mol. The van der Waals surface area contributed by atoms with E-state index in [1.54, 1.807) is 41.5 Å². The molecule has 8 nitrogen and oxygen atoms in total. The van der Waals surface area contributed by atoms with Gasteiger partial charge < -0.3 is 19.6 Å². The molecule has 4 rings (SSSR count). The molecule has 0 saturated heterocycles. The molecule has 1 aliphatic heterocycles. The van der Waals surface area contributed by atoms with Crippen molar-refractivity contribution in [2.24, 2.45) is 5.92 Å². The molecule has 0 saturated carbocycles. The minimum atomic E-state index is -0.406. The van der Waals surface area contributed by atoms with Gasteiger partial charge in [0.2, 0.25) is 11.8 Å². The molecule has 38 heavy (non-hydrogen) atoms. The third kappa shape index (κ3) is 6.63. The maximum atomic E-state index is 13.6. The smallest absolute Gasteiger partial charge is 0.259 e. The molecule has 3 atom stereocenters. The summed E-state index contributed by atoms with van der Waals surface area (Å²) in [6, 6.07) is 14.9. The summed E-state index contributed by atoms with van der Waals surface area (Å²) in [6.45, 7) is 4.34. The number of ether oxygens (including phenoxy) is 1. The molecular weight excluding hydrogens is 480 g/mol. The standard InChI is InChI=1S/C30H34N4O4/c1-21-18-34(22(2)20-35)30(37)26-14-25(12-11-23-8-5-4-6-9-23)17-32-29(26)38-27(21)19-33(3)28(36)15-24-10-7-13-31-16-24/h4-14,16-17,21-22,27,35H,15,18-20H2,1-3H3/t21-,22-,27-/m1/s1. The number of amides is 2. The number of rotatable bonds is 8. The Hall–Kier alpha value is -4.04. The van der Waals surface area contributed by atoms with Crippen LogP contribution in [0.3, 0.4) is 0 Å². The number of nitrogens with zero attached hydrogens (tertiary/aromatic N) is 4. The van der Waals surface area contributed by atoms with Crippen molar-refractivity contribution in [2.45, 2.75) is 32.4 Å². The highest BCUT2D eigenvalue weighted by molar-refractivity contribution is 5.97. The van der Waals surface area contributed by atoms with E-state index in [2.05, 4.69) is 9.97 Å². The van der Waals surface area contributed by atoms with Gasteiger partial charge in [-0.25, -0.2) is 4.98 Å². The number of carbonyl (C=O) groups excluding carboxylic acids is 2. The molecule has 0 radical (unpaired) electrons. The van der Waals surface area contributed by atoms with Crippen molar-refractivity contribution < 1.29 is 19.4 Å². The van der Waals surface area contributed by atoms with E-state index < -0.39 is 6.10 Å². The van der Waals surface area contributed by atoms with Crippen molar-refractivity contribution >= 4 is 24.0 Å². The number of likely N-dealkylation sites (N-methyl/N-ethyl adjacent to an activating group) is 1. The zero-order chi connectivity index (χ0) is 27.1. The lowest BCUT2D eigenvalue weighted by atomic mass is 9.99. The van der Waals surface area contributed by atoms with Crippen LogP contribution >= 0.6 is 0 Å². The van der Waals surface area contributed by atoms with Gasteiger partial charge in [0.05, 0.1) is 25.6 Å². The highest BCUT2D eigenvalue weighted by atomic mass is 16.5. The molecule has 2 amide bonds. The summed E-state index contributed by atoms with van der Waals surface area (Å²) in [5.41, 5.74) is 2.97. The molecular formula is C30H34N4O4. The van der Waals surface area contributed by atoms with Crippen molar-refractivity contribution in [3.63, 3.8) is 0 Å². The van der Waals surface area contributed by atoms with Gasteiger partial charge in [0, 0.05) is 38.1 Å². The first-order valence-corrected chi connectivity index (χ1v) is 12.8. The zero-order valence-corrected chi connectivity index (χ0v) is 22.0. The largest absolute Gasteiger partial charge is 0.472 e. The van der Waals surface area contributed by atoms with Crippen LogP contribution in [0.5, 0.6) is 5.88 Å². The Bertz CT molecular complexity index is 1270. The van der Waals surface area contributed by atoms with Gasteiger partial charge in [-0.05, 0) is 35.7 Å². The highest BCUT2D eigenvalue weighted by Gasteiger charge is 2.34. The van der Waals surface area contributed by atoms with E-state index in [0.717, 1.165) is 16.7 Å². The first kappa shape index (κ1) is 27.0. The van der Waals surface area contributed by atoms with E-state index in [0.29, 0.717) is 18.7 Å². The predicted octanol–water partition coefficient (Wildman–Crippen LogP) is 3.57. The van der Waals surface area contributed by atoms with Crippen LogP contribution in [0, 0.1) is 5.92 Å². The summed E-state index contributed by atoms with van der Waals surface area (Å²) in [5, 5.41) is 9.88. The fraction of sp³-hybridized carbons (Fsp3) is 0.333. The highest BCUT2D eigenvalue weighted by Crippen LogP contribution is 2.28. The predicted molar refractivity (Wildman–Crippen MR) is 146 cm³/mol. The Balaban J connectivity index is 1.59. The molecule has 0 unspecified atom stereocenters. The van der Waals surface area contributed by atoms with Crippen LogP contribution in [-0.4, -0.2) is 75.6 Å². The van der Waals surface area contributed by atoms with Crippen molar-refractivity contribution in [1.29, 1.82) is 0 Å². The molecule has 0 spiro atoms.